The molecule has 0 aliphatic carbocycles. The predicted octanol–water partition coefficient (Wildman–Crippen LogP) is -0.311. The molecule has 0 aromatic carbocycles. The van der Waals surface area contributed by atoms with Gasteiger partial charge in [-0.1, -0.05) is 65.7 Å². The second kappa shape index (κ2) is 20.8. The second-order valence-electron chi connectivity index (χ2n) is 10.7. The molecule has 0 fully saturated rings. The summed E-state index contributed by atoms with van der Waals surface area (Å²) in [6, 6.07) is -4.18. The van der Waals surface area contributed by atoms with Crippen LogP contribution in [0.1, 0.15) is 97.8 Å². The average molecular weight is 572 g/mol. The Balaban J connectivity index is 5.28. The van der Waals surface area contributed by atoms with Gasteiger partial charge in [0, 0.05) is 0 Å². The summed E-state index contributed by atoms with van der Waals surface area (Å²) < 4.78 is 0. The van der Waals surface area contributed by atoms with Crippen LogP contribution in [-0.4, -0.2) is 76.4 Å². The van der Waals surface area contributed by atoms with E-state index in [2.05, 4.69) is 22.9 Å². The van der Waals surface area contributed by atoms with Crippen molar-refractivity contribution >= 4 is 35.8 Å². The molecule has 13 heteroatoms. The van der Waals surface area contributed by atoms with Gasteiger partial charge in [-0.2, -0.15) is 0 Å². The first kappa shape index (κ1) is 36.9. The van der Waals surface area contributed by atoms with Crippen molar-refractivity contribution in [1.29, 1.82) is 0 Å². The van der Waals surface area contributed by atoms with Gasteiger partial charge in [-0.05, 0) is 18.8 Å². The Morgan fingerprint density at radius 3 is 1.88 bits per heavy atom. The lowest BCUT2D eigenvalue weighted by Crippen LogP contribution is -2.60. The maximum absolute atomic E-state index is 13.0. The van der Waals surface area contributed by atoms with Crippen LogP contribution >= 0.6 is 0 Å². The van der Waals surface area contributed by atoms with Crippen molar-refractivity contribution in [1.82, 2.24) is 16.0 Å². The molecule has 230 valence electrons. The van der Waals surface area contributed by atoms with E-state index >= 15 is 0 Å². The quantitative estimate of drug-likeness (QED) is 0.0633. The number of aldehydes is 1. The van der Waals surface area contributed by atoms with Crippen molar-refractivity contribution in [3.05, 3.63) is 0 Å². The number of hydrogen-bond acceptors (Lipinski definition) is 8. The molecule has 0 aromatic heterocycles. The largest absolute Gasteiger partial charge is 0.393 e. The lowest BCUT2D eigenvalue weighted by atomic mass is 10.0. The normalized spacial score (nSPS) is 14.8. The molecule has 0 radical (unpaired) electrons. The zero-order valence-electron chi connectivity index (χ0n) is 24.0. The lowest BCUT2D eigenvalue weighted by molar-refractivity contribution is -0.136. The van der Waals surface area contributed by atoms with Crippen LogP contribution in [0.5, 0.6) is 0 Å². The van der Waals surface area contributed by atoms with Gasteiger partial charge in [-0.25, -0.2) is 0 Å². The van der Waals surface area contributed by atoms with Crippen LogP contribution in [0.3, 0.4) is 0 Å². The molecule has 0 bridgehead atoms. The lowest BCUT2D eigenvalue weighted by Gasteiger charge is -2.27. The molecule has 5 amide bonds. The summed E-state index contributed by atoms with van der Waals surface area (Å²) in [4.78, 5) is 72.7. The Morgan fingerprint density at radius 2 is 1.35 bits per heavy atom. The van der Waals surface area contributed by atoms with Gasteiger partial charge >= 0.3 is 0 Å². The average Bonchev–Trinajstić information content (AvgIpc) is 2.84. The number of amides is 5. The molecular weight excluding hydrogens is 522 g/mol. The molecule has 40 heavy (non-hydrogen) atoms. The first-order valence-corrected chi connectivity index (χ1v) is 14.1. The van der Waals surface area contributed by atoms with E-state index in [4.69, 9.17) is 11.5 Å². The summed E-state index contributed by atoms with van der Waals surface area (Å²) in [5.74, 6) is -4.56. The van der Waals surface area contributed by atoms with Crippen molar-refractivity contribution in [2.24, 2.45) is 17.4 Å². The van der Waals surface area contributed by atoms with Crippen LogP contribution in [0.2, 0.25) is 0 Å². The van der Waals surface area contributed by atoms with E-state index in [-0.39, 0.29) is 18.8 Å². The number of primary amides is 2. The van der Waals surface area contributed by atoms with E-state index < -0.39 is 72.7 Å². The van der Waals surface area contributed by atoms with Crippen molar-refractivity contribution in [2.75, 3.05) is 0 Å². The van der Waals surface area contributed by atoms with E-state index in [0.29, 0.717) is 12.7 Å². The minimum atomic E-state index is -1.76. The predicted molar refractivity (Wildman–Crippen MR) is 148 cm³/mol. The van der Waals surface area contributed by atoms with Crippen molar-refractivity contribution < 1.29 is 39.0 Å². The summed E-state index contributed by atoms with van der Waals surface area (Å²) in [7, 11) is 0. The molecule has 0 aliphatic rings. The highest BCUT2D eigenvalue weighted by Crippen LogP contribution is 2.12. The fraction of sp³-hybridized carbons (Fsp3) is 0.778. The SMILES string of the molecule is CCCCCCCCCC(O)CC(=O)NC(CC(N)=O)C(=O)NC(C(=O)NC(C=O)CC(C)C)C(O)CC(N)=O. The monoisotopic (exact) mass is 571 g/mol. The van der Waals surface area contributed by atoms with Crippen LogP contribution in [0.15, 0.2) is 0 Å². The first-order chi connectivity index (χ1) is 18.8. The van der Waals surface area contributed by atoms with E-state index in [9.17, 15) is 39.0 Å². The number of aliphatic hydroxyl groups excluding tert-OH is 2. The number of hydrogen-bond donors (Lipinski definition) is 7. The number of nitrogens with one attached hydrogen (secondary N) is 3. The number of aliphatic hydroxyl groups is 2. The Bertz CT molecular complexity index is 823. The van der Waals surface area contributed by atoms with Crippen LogP contribution in [0.25, 0.3) is 0 Å². The van der Waals surface area contributed by atoms with Crippen LogP contribution < -0.4 is 27.4 Å². The molecule has 0 rings (SSSR count). The third-order valence-corrected chi connectivity index (χ3v) is 6.21. The van der Waals surface area contributed by atoms with Gasteiger partial charge in [0.05, 0.1) is 37.5 Å². The summed E-state index contributed by atoms with van der Waals surface area (Å²) in [6.07, 6.45) is 4.17. The van der Waals surface area contributed by atoms with Gasteiger partial charge in [0.25, 0.3) is 0 Å². The molecular formula is C27H49N5O8. The maximum Gasteiger partial charge on any atom is 0.245 e. The summed E-state index contributed by atoms with van der Waals surface area (Å²) in [6.45, 7) is 5.79. The summed E-state index contributed by atoms with van der Waals surface area (Å²) >= 11 is 0. The minimum Gasteiger partial charge on any atom is -0.393 e. The Kier molecular flexibility index (Phi) is 19.2. The molecule has 0 aromatic rings. The molecule has 0 aliphatic heterocycles. The van der Waals surface area contributed by atoms with Crippen LogP contribution in [0, 0.1) is 5.92 Å². The smallest absolute Gasteiger partial charge is 0.245 e. The third-order valence-electron chi connectivity index (χ3n) is 6.21. The number of unbranched alkanes of at least 4 members (excludes halogenated alkanes) is 6. The first-order valence-electron chi connectivity index (χ1n) is 14.1. The van der Waals surface area contributed by atoms with Crippen molar-refractivity contribution in [2.45, 2.75) is 128 Å². The number of rotatable bonds is 23. The van der Waals surface area contributed by atoms with E-state index in [1.54, 1.807) is 0 Å². The van der Waals surface area contributed by atoms with E-state index in [0.717, 1.165) is 32.1 Å². The molecule has 0 saturated carbocycles. The molecule has 0 saturated heterocycles. The highest BCUT2D eigenvalue weighted by atomic mass is 16.3. The Labute approximate surface area is 236 Å². The second-order valence-corrected chi connectivity index (χ2v) is 10.7. The minimum absolute atomic E-state index is 0.0374. The summed E-state index contributed by atoms with van der Waals surface area (Å²) in [5, 5.41) is 27.6. The van der Waals surface area contributed by atoms with E-state index in [1.807, 2.05) is 13.8 Å². The van der Waals surface area contributed by atoms with Gasteiger partial charge in [0.15, 0.2) is 0 Å². The van der Waals surface area contributed by atoms with Crippen LogP contribution in [-0.2, 0) is 28.8 Å². The Morgan fingerprint density at radius 1 is 0.775 bits per heavy atom. The van der Waals surface area contributed by atoms with Crippen molar-refractivity contribution in [3.63, 3.8) is 0 Å². The molecule has 5 atom stereocenters. The topological polar surface area (TPSA) is 231 Å². The molecule has 5 unspecified atom stereocenters. The van der Waals surface area contributed by atoms with Crippen molar-refractivity contribution in [3.8, 4) is 0 Å². The van der Waals surface area contributed by atoms with E-state index in [1.165, 1.54) is 12.8 Å². The molecule has 0 spiro atoms. The molecule has 0 heterocycles. The zero-order chi connectivity index (χ0) is 30.7. The fourth-order valence-electron chi connectivity index (χ4n) is 4.16. The molecule has 9 N–H and O–H groups in total. The fourth-order valence-corrected chi connectivity index (χ4v) is 4.16. The number of nitrogens with two attached hydrogens (primary N) is 2. The van der Waals surface area contributed by atoms with Gasteiger partial charge in [-0.15, -0.1) is 0 Å². The number of carbonyl (C=O) groups is 6. The van der Waals surface area contributed by atoms with Gasteiger partial charge in [-0.3, -0.25) is 24.0 Å². The third kappa shape index (κ3) is 17.5. The molecule has 13 nitrogen and oxygen atoms in total. The number of carbonyl (C=O) groups excluding carboxylic acids is 6. The van der Waals surface area contributed by atoms with Crippen LogP contribution in [0.4, 0.5) is 0 Å². The standard InChI is InChI=1S/C27H49N5O8/c1-4-5-6-7-8-9-10-11-19(34)13-24(38)31-20(14-22(28)36)26(39)32-25(21(35)15-23(29)37)27(40)30-18(16-33)12-17(2)3/h16-21,25,34-35H,4-15H2,1-3H3,(H2,28,36)(H2,29,37)(H,30,40)(H,31,38)(H,32,39). The Hall–Kier alpha value is -3.06. The highest BCUT2D eigenvalue weighted by molar-refractivity contribution is 5.95. The maximum atomic E-state index is 13.0. The van der Waals surface area contributed by atoms with Gasteiger partial charge in [0.2, 0.25) is 29.5 Å². The zero-order valence-corrected chi connectivity index (χ0v) is 24.0. The van der Waals surface area contributed by atoms with Gasteiger partial charge in [0.1, 0.15) is 18.4 Å². The van der Waals surface area contributed by atoms with Gasteiger partial charge < -0.3 is 42.4 Å². The highest BCUT2D eigenvalue weighted by Gasteiger charge is 2.34. The summed E-state index contributed by atoms with van der Waals surface area (Å²) in [5.41, 5.74) is 10.4.